The van der Waals surface area contributed by atoms with Crippen LogP contribution in [0, 0.1) is 0 Å². The van der Waals surface area contributed by atoms with Crippen molar-refractivity contribution in [2.75, 3.05) is 6.61 Å². The molecule has 0 N–H and O–H groups in total. The molecule has 1 heterocycles. The molecule has 0 saturated heterocycles. The van der Waals surface area contributed by atoms with E-state index in [1.807, 2.05) is 0 Å². The Balaban J connectivity index is 2.55. The highest BCUT2D eigenvalue weighted by Gasteiger charge is 2.26. The Bertz CT molecular complexity index is 357. The van der Waals surface area contributed by atoms with E-state index in [1.165, 1.54) is 12.3 Å². The van der Waals surface area contributed by atoms with Gasteiger partial charge in [-0.1, -0.05) is 11.6 Å². The third-order valence-electron chi connectivity index (χ3n) is 1.69. The fourth-order valence-electron chi connectivity index (χ4n) is 0.911. The van der Waals surface area contributed by atoms with Gasteiger partial charge in [-0.25, -0.2) is 4.98 Å². The van der Waals surface area contributed by atoms with Crippen molar-refractivity contribution in [2.45, 2.75) is 18.5 Å². The van der Waals surface area contributed by atoms with E-state index >= 15 is 0 Å². The molecular weight excluding hydrogens is 266 g/mol. The Morgan fingerprint density at radius 2 is 2.06 bits per heavy atom. The molecule has 2 nitrogen and oxygen atoms in total. The Labute approximate surface area is 100 Å². The summed E-state index contributed by atoms with van der Waals surface area (Å²) in [6, 6.07) is 1.42. The van der Waals surface area contributed by atoms with Gasteiger partial charge in [-0.15, -0.1) is 11.6 Å². The van der Waals surface area contributed by atoms with E-state index in [9.17, 15) is 13.2 Å². The van der Waals surface area contributed by atoms with Crippen molar-refractivity contribution < 1.29 is 17.9 Å². The van der Waals surface area contributed by atoms with Gasteiger partial charge in [0.2, 0.25) is 5.88 Å². The number of nitrogens with zero attached hydrogens (tertiary/aromatic N) is 1. The highest BCUT2D eigenvalue weighted by Crippen LogP contribution is 2.23. The van der Waals surface area contributed by atoms with E-state index < -0.39 is 19.2 Å². The van der Waals surface area contributed by atoms with Crippen molar-refractivity contribution in [2.24, 2.45) is 0 Å². The lowest BCUT2D eigenvalue weighted by Gasteiger charge is -2.08. The summed E-state index contributed by atoms with van der Waals surface area (Å²) in [6.45, 7) is -0.472. The maximum atomic E-state index is 11.8. The molecule has 0 atom stereocenters. The molecule has 0 aliphatic rings. The summed E-state index contributed by atoms with van der Waals surface area (Å²) in [5, 5.41) is 0.359. The first kappa shape index (κ1) is 13.4. The molecule has 0 bridgehead atoms. The van der Waals surface area contributed by atoms with Gasteiger partial charge in [0.1, 0.15) is 0 Å². The van der Waals surface area contributed by atoms with Gasteiger partial charge >= 0.3 is 6.18 Å². The molecule has 16 heavy (non-hydrogen) atoms. The van der Waals surface area contributed by atoms with Crippen molar-refractivity contribution in [3.63, 3.8) is 0 Å². The monoisotopic (exact) mass is 273 g/mol. The molecule has 0 fully saturated rings. The van der Waals surface area contributed by atoms with Crippen LogP contribution in [0.2, 0.25) is 5.02 Å². The molecule has 0 spiro atoms. The largest absolute Gasteiger partial charge is 0.477 e. The zero-order valence-corrected chi connectivity index (χ0v) is 9.53. The van der Waals surface area contributed by atoms with E-state index in [0.717, 1.165) is 0 Å². The summed E-state index contributed by atoms with van der Waals surface area (Å²) in [6.07, 6.45) is -3.96. The molecule has 1 rings (SSSR count). The number of halogens is 5. The lowest BCUT2D eigenvalue weighted by atomic mass is 10.3. The molecule has 7 heteroatoms. The molecule has 0 aromatic carbocycles. The van der Waals surface area contributed by atoms with Crippen LogP contribution in [0.5, 0.6) is 5.88 Å². The van der Waals surface area contributed by atoms with Crippen molar-refractivity contribution in [1.29, 1.82) is 0 Å². The summed E-state index contributed by atoms with van der Waals surface area (Å²) in [4.78, 5) is 3.73. The van der Waals surface area contributed by atoms with E-state index in [-0.39, 0.29) is 11.8 Å². The smallest absolute Gasteiger partial charge is 0.392 e. The van der Waals surface area contributed by atoms with Crippen LogP contribution in [0.3, 0.4) is 0 Å². The van der Waals surface area contributed by atoms with Crippen LogP contribution in [0.1, 0.15) is 12.0 Å². The predicted octanol–water partition coefficient (Wildman–Crippen LogP) is 3.81. The fourth-order valence-corrected chi connectivity index (χ4v) is 1.37. The predicted molar refractivity (Wildman–Crippen MR) is 55.0 cm³/mol. The van der Waals surface area contributed by atoms with Gasteiger partial charge in [0.25, 0.3) is 0 Å². The first-order chi connectivity index (χ1) is 7.42. The molecular formula is C9H8Cl2F3NO. The number of aromatic nitrogens is 1. The van der Waals surface area contributed by atoms with Gasteiger partial charge in [0.15, 0.2) is 0 Å². The average molecular weight is 274 g/mol. The molecule has 1 aromatic rings. The van der Waals surface area contributed by atoms with Gasteiger partial charge in [0, 0.05) is 18.1 Å². The van der Waals surface area contributed by atoms with Gasteiger partial charge in [-0.05, 0) is 5.56 Å². The molecule has 0 radical (unpaired) electrons. The standard InChI is InChI=1S/C9H8Cl2F3NO/c10-4-6-3-8(15-5-7(6)11)16-2-1-9(12,13)14/h3,5H,1-2,4H2. The number of pyridine rings is 1. The Kier molecular flexibility index (Phi) is 4.68. The second-order valence-corrected chi connectivity index (χ2v) is 3.64. The lowest BCUT2D eigenvalue weighted by Crippen LogP contribution is -2.13. The molecule has 1 aromatic heterocycles. The minimum Gasteiger partial charge on any atom is -0.477 e. The number of alkyl halides is 4. The van der Waals surface area contributed by atoms with E-state index in [2.05, 4.69) is 4.98 Å². The lowest BCUT2D eigenvalue weighted by molar-refractivity contribution is -0.139. The zero-order chi connectivity index (χ0) is 12.2. The highest BCUT2D eigenvalue weighted by molar-refractivity contribution is 6.32. The summed E-state index contributed by atoms with van der Waals surface area (Å²) in [7, 11) is 0. The normalized spacial score (nSPS) is 11.6. The van der Waals surface area contributed by atoms with E-state index in [0.29, 0.717) is 10.6 Å². The van der Waals surface area contributed by atoms with Crippen LogP contribution in [0.4, 0.5) is 13.2 Å². The quantitative estimate of drug-likeness (QED) is 0.779. The topological polar surface area (TPSA) is 22.1 Å². The molecule has 0 saturated carbocycles. The van der Waals surface area contributed by atoms with Crippen molar-refractivity contribution in [3.05, 3.63) is 22.8 Å². The first-order valence-electron chi connectivity index (χ1n) is 4.32. The third kappa shape index (κ3) is 4.45. The maximum Gasteiger partial charge on any atom is 0.392 e. The van der Waals surface area contributed by atoms with Crippen LogP contribution in [-0.4, -0.2) is 17.8 Å². The minimum atomic E-state index is -4.23. The fraction of sp³-hybridized carbons (Fsp3) is 0.444. The number of ether oxygens (including phenoxy) is 1. The van der Waals surface area contributed by atoms with Gasteiger partial charge in [-0.3, -0.25) is 0 Å². The van der Waals surface area contributed by atoms with E-state index in [4.69, 9.17) is 27.9 Å². The van der Waals surface area contributed by atoms with Crippen LogP contribution >= 0.6 is 23.2 Å². The van der Waals surface area contributed by atoms with Crippen LogP contribution in [0.15, 0.2) is 12.3 Å². The van der Waals surface area contributed by atoms with Crippen molar-refractivity contribution >= 4 is 23.2 Å². The van der Waals surface area contributed by atoms with Crippen LogP contribution in [0.25, 0.3) is 0 Å². The molecule has 90 valence electrons. The first-order valence-corrected chi connectivity index (χ1v) is 5.23. The third-order valence-corrected chi connectivity index (χ3v) is 2.32. The molecule has 0 aliphatic carbocycles. The van der Waals surface area contributed by atoms with E-state index in [1.54, 1.807) is 0 Å². The number of hydrogen-bond acceptors (Lipinski definition) is 2. The minimum absolute atomic E-state index is 0.0873. The second-order valence-electron chi connectivity index (χ2n) is 2.96. The number of rotatable bonds is 4. The Morgan fingerprint density at radius 1 is 1.38 bits per heavy atom. The van der Waals surface area contributed by atoms with Crippen molar-refractivity contribution in [1.82, 2.24) is 4.98 Å². The average Bonchev–Trinajstić information content (AvgIpc) is 2.18. The van der Waals surface area contributed by atoms with Gasteiger partial charge in [-0.2, -0.15) is 13.2 Å². The molecule has 0 amide bonds. The summed E-state index contributed by atoms with van der Waals surface area (Å²) in [5.74, 6) is 0.237. The SMILES string of the molecule is FC(F)(F)CCOc1cc(CCl)c(Cl)cn1. The van der Waals surface area contributed by atoms with Gasteiger partial charge in [0.05, 0.1) is 18.1 Å². The summed E-state index contributed by atoms with van der Waals surface area (Å²) >= 11 is 11.3. The Morgan fingerprint density at radius 3 is 2.62 bits per heavy atom. The summed E-state index contributed by atoms with van der Waals surface area (Å²) < 4.78 is 40.3. The Hall–Kier alpha value is -0.680. The van der Waals surface area contributed by atoms with Crippen LogP contribution < -0.4 is 4.74 Å². The van der Waals surface area contributed by atoms with Gasteiger partial charge < -0.3 is 4.74 Å². The van der Waals surface area contributed by atoms with Crippen LogP contribution in [-0.2, 0) is 5.88 Å². The number of hydrogen-bond donors (Lipinski definition) is 0. The molecule has 0 aliphatic heterocycles. The molecule has 0 unspecified atom stereocenters. The summed E-state index contributed by atoms with van der Waals surface area (Å²) in [5.41, 5.74) is 0.570. The van der Waals surface area contributed by atoms with Crippen molar-refractivity contribution in [3.8, 4) is 5.88 Å². The highest BCUT2D eigenvalue weighted by atomic mass is 35.5. The second kappa shape index (κ2) is 5.59. The zero-order valence-electron chi connectivity index (χ0n) is 8.02. The maximum absolute atomic E-state index is 11.8.